The van der Waals surface area contributed by atoms with Gasteiger partial charge in [0.05, 0.1) is 24.5 Å². The maximum atomic E-state index is 12.7. The van der Waals surface area contributed by atoms with Gasteiger partial charge in [-0.15, -0.1) is 0 Å². The Kier molecular flexibility index (Phi) is 6.31. The summed E-state index contributed by atoms with van der Waals surface area (Å²) < 4.78 is 5.25. The molecule has 1 saturated heterocycles. The van der Waals surface area contributed by atoms with Crippen LogP contribution in [0.25, 0.3) is 0 Å². The Morgan fingerprint density at radius 3 is 2.50 bits per heavy atom. The van der Waals surface area contributed by atoms with Gasteiger partial charge in [-0.25, -0.2) is 0 Å². The van der Waals surface area contributed by atoms with Crippen LogP contribution in [0.5, 0.6) is 0 Å². The minimum absolute atomic E-state index is 0.0879. The van der Waals surface area contributed by atoms with Gasteiger partial charge in [0.25, 0.3) is 5.91 Å². The average Bonchev–Trinajstić information content (AvgIpc) is 2.60. The number of carbonyl (C=O) groups excluding carboxylic acids is 3. The molecule has 7 nitrogen and oxygen atoms in total. The molecule has 0 aromatic heterocycles. The largest absolute Gasteiger partial charge is 0.550 e. The Morgan fingerprint density at radius 2 is 1.83 bits per heavy atom. The van der Waals surface area contributed by atoms with Crippen LogP contribution in [0.2, 0.25) is 0 Å². The van der Waals surface area contributed by atoms with Gasteiger partial charge in [0.2, 0.25) is 5.91 Å². The highest BCUT2D eigenvalue weighted by molar-refractivity contribution is 6.04. The molecule has 0 saturated carbocycles. The maximum Gasteiger partial charge on any atom is 0.256 e. The number of rotatable bonds is 6. The van der Waals surface area contributed by atoms with Gasteiger partial charge in [-0.05, 0) is 25.0 Å². The number of anilines is 1. The lowest BCUT2D eigenvalue weighted by Crippen LogP contribution is -2.41. The second-order valence-electron chi connectivity index (χ2n) is 5.60. The van der Waals surface area contributed by atoms with Crippen molar-refractivity contribution >= 4 is 23.5 Å². The van der Waals surface area contributed by atoms with E-state index in [2.05, 4.69) is 0 Å². The predicted molar refractivity (Wildman–Crippen MR) is 85.4 cm³/mol. The standard InChI is InChI=1S/C17H22N2O5/c1-18(15(20)7-4-8-16(21)22)14-6-3-2-5-13(14)17(23)19-9-11-24-12-10-19/h2-3,5-6H,4,7-12H2,1H3,(H,21,22)/p-1. The van der Waals surface area contributed by atoms with E-state index >= 15 is 0 Å². The van der Waals surface area contributed by atoms with Gasteiger partial charge < -0.3 is 24.4 Å². The first kappa shape index (κ1) is 17.9. The van der Waals surface area contributed by atoms with E-state index < -0.39 is 5.97 Å². The number of carboxylic acid groups (broad SMARTS) is 1. The first-order valence-corrected chi connectivity index (χ1v) is 7.93. The molecule has 0 atom stereocenters. The first-order chi connectivity index (χ1) is 11.5. The van der Waals surface area contributed by atoms with Crippen LogP contribution in [0.3, 0.4) is 0 Å². The molecule has 130 valence electrons. The van der Waals surface area contributed by atoms with E-state index in [4.69, 9.17) is 4.74 Å². The van der Waals surface area contributed by atoms with Crippen LogP contribution in [0.4, 0.5) is 5.69 Å². The Labute approximate surface area is 140 Å². The van der Waals surface area contributed by atoms with Crippen LogP contribution in [0.1, 0.15) is 29.6 Å². The number of nitrogens with zero attached hydrogens (tertiary/aromatic N) is 2. The van der Waals surface area contributed by atoms with Crippen molar-refractivity contribution < 1.29 is 24.2 Å². The van der Waals surface area contributed by atoms with Crippen LogP contribution < -0.4 is 10.0 Å². The number of aliphatic carboxylic acids is 1. The van der Waals surface area contributed by atoms with Gasteiger partial charge in [0.15, 0.2) is 0 Å². The Balaban J connectivity index is 2.10. The molecule has 2 amide bonds. The van der Waals surface area contributed by atoms with Crippen molar-refractivity contribution in [1.82, 2.24) is 4.90 Å². The SMILES string of the molecule is CN(C(=O)CCCC(=O)[O-])c1ccccc1C(=O)N1CCOCC1. The zero-order valence-corrected chi connectivity index (χ0v) is 13.7. The molecular formula is C17H21N2O5-. The summed E-state index contributed by atoms with van der Waals surface area (Å²) in [4.78, 5) is 38.5. The summed E-state index contributed by atoms with van der Waals surface area (Å²) in [5.74, 6) is -1.55. The third-order valence-corrected chi connectivity index (χ3v) is 3.94. The number of para-hydroxylation sites is 1. The molecule has 0 bridgehead atoms. The van der Waals surface area contributed by atoms with Gasteiger partial charge in [-0.2, -0.15) is 0 Å². The van der Waals surface area contributed by atoms with Crippen molar-refractivity contribution in [3.8, 4) is 0 Å². The first-order valence-electron chi connectivity index (χ1n) is 7.93. The summed E-state index contributed by atoms with van der Waals surface area (Å²) in [6, 6.07) is 6.92. The molecule has 24 heavy (non-hydrogen) atoms. The van der Waals surface area contributed by atoms with Crippen LogP contribution in [-0.2, 0) is 14.3 Å². The molecule has 0 unspecified atom stereocenters. The smallest absolute Gasteiger partial charge is 0.256 e. The molecule has 1 heterocycles. The van der Waals surface area contributed by atoms with Crippen molar-refractivity contribution in [3.63, 3.8) is 0 Å². The zero-order chi connectivity index (χ0) is 17.5. The summed E-state index contributed by atoms with van der Waals surface area (Å²) in [5, 5.41) is 10.4. The predicted octanol–water partition coefficient (Wildman–Crippen LogP) is 0.0420. The van der Waals surface area contributed by atoms with Gasteiger partial charge in [-0.1, -0.05) is 12.1 Å². The summed E-state index contributed by atoms with van der Waals surface area (Å²) >= 11 is 0. The number of amides is 2. The number of benzene rings is 1. The van der Waals surface area contributed by atoms with E-state index in [0.29, 0.717) is 37.6 Å². The monoisotopic (exact) mass is 333 g/mol. The molecule has 0 radical (unpaired) electrons. The van der Waals surface area contributed by atoms with Crippen molar-refractivity contribution in [2.75, 3.05) is 38.3 Å². The fraction of sp³-hybridized carbons (Fsp3) is 0.471. The number of carbonyl (C=O) groups is 3. The molecule has 0 aliphatic carbocycles. The second-order valence-corrected chi connectivity index (χ2v) is 5.60. The molecule has 1 aromatic rings. The summed E-state index contributed by atoms with van der Waals surface area (Å²) in [7, 11) is 1.59. The van der Waals surface area contributed by atoms with Crippen LogP contribution >= 0.6 is 0 Å². The number of carboxylic acids is 1. The van der Waals surface area contributed by atoms with Crippen LogP contribution in [-0.4, -0.2) is 56.0 Å². The Bertz CT molecular complexity index is 611. The van der Waals surface area contributed by atoms with E-state index in [-0.39, 0.29) is 31.1 Å². The lowest BCUT2D eigenvalue weighted by Gasteiger charge is -2.29. The average molecular weight is 333 g/mol. The van der Waals surface area contributed by atoms with Crippen LogP contribution in [0, 0.1) is 0 Å². The van der Waals surface area contributed by atoms with Crippen LogP contribution in [0.15, 0.2) is 24.3 Å². The minimum atomic E-state index is -1.17. The van der Waals surface area contributed by atoms with E-state index in [1.165, 1.54) is 4.90 Å². The number of morpholine rings is 1. The van der Waals surface area contributed by atoms with Crippen molar-refractivity contribution in [3.05, 3.63) is 29.8 Å². The van der Waals surface area contributed by atoms with Gasteiger partial charge >= 0.3 is 0 Å². The summed E-state index contributed by atoms with van der Waals surface area (Å²) in [6.45, 7) is 2.06. The van der Waals surface area contributed by atoms with Gasteiger partial charge in [-0.3, -0.25) is 9.59 Å². The van der Waals surface area contributed by atoms with Crippen molar-refractivity contribution in [2.24, 2.45) is 0 Å². The lowest BCUT2D eigenvalue weighted by atomic mass is 10.1. The third kappa shape index (κ3) is 4.55. The topological polar surface area (TPSA) is 90.0 Å². The van der Waals surface area contributed by atoms with Crippen molar-refractivity contribution in [2.45, 2.75) is 19.3 Å². The molecule has 7 heteroatoms. The highest BCUT2D eigenvalue weighted by Crippen LogP contribution is 2.22. The third-order valence-electron chi connectivity index (χ3n) is 3.94. The van der Waals surface area contributed by atoms with E-state index in [1.54, 1.807) is 36.2 Å². The number of hydrogen-bond donors (Lipinski definition) is 0. The Morgan fingerprint density at radius 1 is 1.17 bits per heavy atom. The molecule has 1 aromatic carbocycles. The van der Waals surface area contributed by atoms with Gasteiger partial charge in [0.1, 0.15) is 0 Å². The zero-order valence-electron chi connectivity index (χ0n) is 13.7. The summed E-state index contributed by atoms with van der Waals surface area (Å²) in [6.07, 6.45) is 0.142. The molecule has 0 N–H and O–H groups in total. The molecule has 0 spiro atoms. The maximum absolute atomic E-state index is 12.7. The quantitative estimate of drug-likeness (QED) is 0.733. The highest BCUT2D eigenvalue weighted by atomic mass is 16.5. The molecule has 1 aliphatic heterocycles. The summed E-state index contributed by atoms with van der Waals surface area (Å²) in [5.41, 5.74) is 0.975. The molecular weight excluding hydrogens is 312 g/mol. The molecule has 2 rings (SSSR count). The molecule has 1 aliphatic rings. The van der Waals surface area contributed by atoms with E-state index in [9.17, 15) is 19.5 Å². The number of ether oxygens (including phenoxy) is 1. The minimum Gasteiger partial charge on any atom is -0.550 e. The van der Waals surface area contributed by atoms with E-state index in [0.717, 1.165) is 0 Å². The Hall–Kier alpha value is -2.41. The van der Waals surface area contributed by atoms with E-state index in [1.807, 2.05) is 0 Å². The fourth-order valence-electron chi connectivity index (χ4n) is 2.57. The fourth-order valence-corrected chi connectivity index (χ4v) is 2.57. The highest BCUT2D eigenvalue weighted by Gasteiger charge is 2.23. The second kappa shape index (κ2) is 8.44. The normalized spacial score (nSPS) is 14.3. The number of hydrogen-bond acceptors (Lipinski definition) is 5. The molecule has 1 fully saturated rings. The lowest BCUT2D eigenvalue weighted by molar-refractivity contribution is -0.305. The van der Waals surface area contributed by atoms with Crippen molar-refractivity contribution in [1.29, 1.82) is 0 Å². The van der Waals surface area contributed by atoms with Gasteiger partial charge in [0, 0.05) is 32.5 Å².